The number of aromatic amines is 1. The highest BCUT2D eigenvalue weighted by atomic mass is 16.5. The van der Waals surface area contributed by atoms with E-state index < -0.39 is 0 Å². The van der Waals surface area contributed by atoms with E-state index in [1.807, 2.05) is 24.3 Å². The van der Waals surface area contributed by atoms with Crippen LogP contribution in [0.3, 0.4) is 0 Å². The van der Waals surface area contributed by atoms with Gasteiger partial charge in [-0.25, -0.2) is 4.79 Å². The third kappa shape index (κ3) is 2.67. The molecule has 1 aromatic carbocycles. The molecule has 0 spiro atoms. The van der Waals surface area contributed by atoms with Gasteiger partial charge in [0.1, 0.15) is 0 Å². The van der Waals surface area contributed by atoms with Gasteiger partial charge in [0.05, 0.1) is 11.0 Å². The molecule has 1 N–H and O–H groups in total. The molecule has 2 aromatic heterocycles. The number of fused-ring (bicyclic) bond motifs is 1. The number of para-hydroxylation sites is 2. The Bertz CT molecular complexity index is 983. The van der Waals surface area contributed by atoms with Crippen molar-refractivity contribution in [3.8, 4) is 0 Å². The number of hydrogen-bond donors (Lipinski definition) is 1. The minimum atomic E-state index is -0.264. The lowest BCUT2D eigenvalue weighted by atomic mass is 10.0. The summed E-state index contributed by atoms with van der Waals surface area (Å²) in [6.45, 7) is 1.04. The second kappa shape index (κ2) is 6.08. The quantitative estimate of drug-likeness (QED) is 0.567. The largest absolute Gasteiger partial charge is 0.618 e. The lowest BCUT2D eigenvalue weighted by Gasteiger charge is -2.31. The first-order valence-electron chi connectivity index (χ1n) is 8.32. The van der Waals surface area contributed by atoms with Gasteiger partial charge in [0.25, 0.3) is 5.69 Å². The maximum Gasteiger partial charge on any atom is 0.326 e. The summed E-state index contributed by atoms with van der Waals surface area (Å²) in [6, 6.07) is 12.5. The van der Waals surface area contributed by atoms with Crippen molar-refractivity contribution in [1.82, 2.24) is 14.5 Å². The Hall–Kier alpha value is -3.09. The predicted octanol–water partition coefficient (Wildman–Crippen LogP) is 1.44. The fraction of sp³-hybridized carbons (Fsp3) is 0.278. The van der Waals surface area contributed by atoms with Crippen molar-refractivity contribution in [2.45, 2.75) is 18.9 Å². The molecule has 0 atom stereocenters. The van der Waals surface area contributed by atoms with Crippen molar-refractivity contribution in [2.24, 2.45) is 0 Å². The van der Waals surface area contributed by atoms with Gasteiger partial charge in [-0.05, 0) is 31.0 Å². The van der Waals surface area contributed by atoms with E-state index in [0.29, 0.717) is 30.7 Å². The Balaban J connectivity index is 1.54. The summed E-state index contributed by atoms with van der Waals surface area (Å²) in [5.74, 6) is -0.264. The lowest BCUT2D eigenvalue weighted by molar-refractivity contribution is -0.608. The van der Waals surface area contributed by atoms with Gasteiger partial charge in [-0.3, -0.25) is 9.36 Å². The first-order chi connectivity index (χ1) is 12.1. The third-order valence-electron chi connectivity index (χ3n) is 4.78. The lowest BCUT2D eigenvalue weighted by Crippen LogP contribution is -2.45. The van der Waals surface area contributed by atoms with Crippen molar-refractivity contribution < 1.29 is 9.52 Å². The highest BCUT2D eigenvalue weighted by molar-refractivity contribution is 5.91. The molecule has 1 aliphatic rings. The van der Waals surface area contributed by atoms with Gasteiger partial charge >= 0.3 is 11.6 Å². The van der Waals surface area contributed by atoms with Crippen molar-refractivity contribution in [3.63, 3.8) is 0 Å². The van der Waals surface area contributed by atoms with Crippen molar-refractivity contribution >= 4 is 16.9 Å². The number of imidazole rings is 1. The molecule has 7 nitrogen and oxygen atoms in total. The summed E-state index contributed by atoms with van der Waals surface area (Å²) in [5.41, 5.74) is 1.72. The number of pyridine rings is 1. The number of aromatic nitrogens is 3. The third-order valence-corrected chi connectivity index (χ3v) is 4.78. The number of carbonyl (C=O) groups is 1. The second-order valence-corrected chi connectivity index (χ2v) is 6.25. The zero-order valence-corrected chi connectivity index (χ0v) is 13.6. The molecule has 3 heterocycles. The molecule has 0 bridgehead atoms. The number of likely N-dealkylation sites (tertiary alicyclic amines) is 1. The number of carbonyl (C=O) groups excluding carboxylic acids is 1. The number of hydrogen-bond acceptors (Lipinski definition) is 3. The molecule has 1 fully saturated rings. The first-order valence-corrected chi connectivity index (χ1v) is 8.32. The minimum Gasteiger partial charge on any atom is -0.618 e. The summed E-state index contributed by atoms with van der Waals surface area (Å²) >= 11 is 0. The van der Waals surface area contributed by atoms with Gasteiger partial charge in [-0.2, -0.15) is 4.73 Å². The van der Waals surface area contributed by atoms with Gasteiger partial charge in [-0.1, -0.05) is 12.1 Å². The zero-order chi connectivity index (χ0) is 17.4. The molecule has 128 valence electrons. The summed E-state index contributed by atoms with van der Waals surface area (Å²) in [6.07, 6.45) is 2.68. The number of amides is 1. The standard InChI is InChI=1S/C18H18N4O3/c23-17(16-7-3-4-10-21(16)25)20-11-8-13(9-12-20)22-15-6-2-1-5-14(15)19-18(22)24/h1-7,10,13H,8-9,11-12H2,(H,19,24). The van der Waals surface area contributed by atoms with Crippen LogP contribution in [0.1, 0.15) is 29.4 Å². The molecule has 1 aliphatic heterocycles. The number of benzene rings is 1. The zero-order valence-electron chi connectivity index (χ0n) is 13.6. The van der Waals surface area contributed by atoms with Gasteiger partial charge < -0.3 is 15.1 Å². The van der Waals surface area contributed by atoms with Crippen LogP contribution >= 0.6 is 0 Å². The molecule has 0 unspecified atom stereocenters. The number of nitrogens with one attached hydrogen (secondary N) is 1. The molecule has 1 saturated heterocycles. The summed E-state index contributed by atoms with van der Waals surface area (Å²) in [7, 11) is 0. The number of piperidine rings is 1. The van der Waals surface area contributed by atoms with Crippen LogP contribution in [0.5, 0.6) is 0 Å². The summed E-state index contributed by atoms with van der Waals surface area (Å²) in [4.78, 5) is 29.4. The molecular formula is C18H18N4O3. The normalized spacial score (nSPS) is 15.6. The molecule has 1 amide bonds. The van der Waals surface area contributed by atoms with Crippen molar-refractivity contribution in [2.75, 3.05) is 13.1 Å². The fourth-order valence-electron chi connectivity index (χ4n) is 3.52. The highest BCUT2D eigenvalue weighted by Crippen LogP contribution is 2.25. The Morgan fingerprint density at radius 2 is 1.84 bits per heavy atom. The van der Waals surface area contributed by atoms with E-state index in [4.69, 9.17) is 0 Å². The average molecular weight is 338 g/mol. The number of nitrogens with zero attached hydrogens (tertiary/aromatic N) is 3. The maximum atomic E-state index is 12.5. The van der Waals surface area contributed by atoms with Gasteiger partial charge in [0.15, 0.2) is 6.20 Å². The van der Waals surface area contributed by atoms with E-state index in [1.165, 1.54) is 12.3 Å². The van der Waals surface area contributed by atoms with Crippen LogP contribution in [0.4, 0.5) is 0 Å². The molecule has 0 radical (unpaired) electrons. The molecule has 0 saturated carbocycles. The highest BCUT2D eigenvalue weighted by Gasteiger charge is 2.29. The summed E-state index contributed by atoms with van der Waals surface area (Å²) < 4.78 is 2.38. The average Bonchev–Trinajstić information content (AvgIpc) is 2.97. The Morgan fingerprint density at radius 1 is 1.12 bits per heavy atom. The summed E-state index contributed by atoms with van der Waals surface area (Å²) in [5, 5.41) is 11.8. The van der Waals surface area contributed by atoms with Crippen LogP contribution in [-0.4, -0.2) is 33.4 Å². The Morgan fingerprint density at radius 3 is 2.60 bits per heavy atom. The van der Waals surface area contributed by atoms with E-state index >= 15 is 0 Å². The van der Waals surface area contributed by atoms with E-state index in [2.05, 4.69) is 4.98 Å². The minimum absolute atomic E-state index is 0.0443. The monoisotopic (exact) mass is 338 g/mol. The fourth-order valence-corrected chi connectivity index (χ4v) is 3.52. The van der Waals surface area contributed by atoms with E-state index in [0.717, 1.165) is 11.0 Å². The van der Waals surface area contributed by atoms with Crippen molar-refractivity contribution in [1.29, 1.82) is 0 Å². The topological polar surface area (TPSA) is 85.0 Å². The molecular weight excluding hydrogens is 320 g/mol. The van der Waals surface area contributed by atoms with Crippen LogP contribution in [0.2, 0.25) is 0 Å². The van der Waals surface area contributed by atoms with Gasteiger partial charge in [-0.15, -0.1) is 0 Å². The van der Waals surface area contributed by atoms with Crippen LogP contribution in [-0.2, 0) is 0 Å². The van der Waals surface area contributed by atoms with Crippen molar-refractivity contribution in [3.05, 3.63) is 70.0 Å². The van der Waals surface area contributed by atoms with Crippen LogP contribution < -0.4 is 10.4 Å². The Labute approximate surface area is 143 Å². The number of rotatable bonds is 2. The van der Waals surface area contributed by atoms with Crippen LogP contribution in [0.25, 0.3) is 11.0 Å². The SMILES string of the molecule is O=C(c1cccc[n+]1[O-])N1CCC(n2c(=O)[nH]c3ccccc32)CC1. The molecule has 7 heteroatoms. The predicted molar refractivity (Wildman–Crippen MR) is 92.1 cm³/mol. The van der Waals surface area contributed by atoms with E-state index in [1.54, 1.807) is 21.6 Å². The first kappa shape index (κ1) is 15.4. The molecule has 25 heavy (non-hydrogen) atoms. The second-order valence-electron chi connectivity index (χ2n) is 6.25. The molecule has 4 rings (SSSR count). The van der Waals surface area contributed by atoms with Gasteiger partial charge in [0, 0.05) is 31.3 Å². The van der Waals surface area contributed by atoms with E-state index in [-0.39, 0.29) is 23.3 Å². The Kier molecular flexibility index (Phi) is 3.76. The van der Waals surface area contributed by atoms with Gasteiger partial charge in [0.2, 0.25) is 0 Å². The maximum absolute atomic E-state index is 12.5. The van der Waals surface area contributed by atoms with E-state index in [9.17, 15) is 14.8 Å². The molecule has 0 aliphatic carbocycles. The van der Waals surface area contributed by atoms with Crippen LogP contribution in [0.15, 0.2) is 53.5 Å². The van der Waals surface area contributed by atoms with Crippen LogP contribution in [0, 0.1) is 5.21 Å². The molecule has 3 aromatic rings. The smallest absolute Gasteiger partial charge is 0.326 e. The number of H-pyrrole nitrogens is 1.